The summed E-state index contributed by atoms with van der Waals surface area (Å²) in [7, 11) is -3.47. The molecule has 1 aromatic rings. The SMILES string of the molecule is CS(=O)(=O)C1(C(=O)N2CCC(Oc3ccccn3)CC2)CCNCC1. The molecule has 3 heterocycles. The van der Waals surface area contributed by atoms with Crippen LogP contribution in [0.3, 0.4) is 0 Å². The fourth-order valence-electron chi connectivity index (χ4n) is 3.63. The number of aromatic nitrogens is 1. The summed E-state index contributed by atoms with van der Waals surface area (Å²) in [6.45, 7) is 2.14. The molecule has 0 aliphatic carbocycles. The number of amides is 1. The van der Waals surface area contributed by atoms with Crippen LogP contribution < -0.4 is 10.1 Å². The molecule has 0 saturated carbocycles. The van der Waals surface area contributed by atoms with E-state index in [0.717, 1.165) is 0 Å². The predicted molar refractivity (Wildman–Crippen MR) is 94.1 cm³/mol. The summed E-state index contributed by atoms with van der Waals surface area (Å²) in [6.07, 6.45) is 4.92. The summed E-state index contributed by atoms with van der Waals surface area (Å²) in [5, 5.41) is 3.14. The molecule has 1 N–H and O–H groups in total. The number of carbonyl (C=O) groups is 1. The van der Waals surface area contributed by atoms with Crippen molar-refractivity contribution >= 4 is 15.7 Å². The summed E-state index contributed by atoms with van der Waals surface area (Å²) in [5.41, 5.74) is 0. The number of sulfone groups is 1. The van der Waals surface area contributed by atoms with Gasteiger partial charge in [-0.1, -0.05) is 6.07 Å². The van der Waals surface area contributed by atoms with Crippen LogP contribution in [0.1, 0.15) is 25.7 Å². The number of nitrogens with one attached hydrogen (secondary N) is 1. The molecule has 0 radical (unpaired) electrons. The predicted octanol–water partition coefficient (Wildman–Crippen LogP) is 0.618. The molecular weight excluding hydrogens is 342 g/mol. The van der Waals surface area contributed by atoms with Gasteiger partial charge < -0.3 is 15.0 Å². The highest BCUT2D eigenvalue weighted by molar-refractivity contribution is 7.92. The quantitative estimate of drug-likeness (QED) is 0.839. The molecule has 1 amide bonds. The van der Waals surface area contributed by atoms with E-state index in [2.05, 4.69) is 10.3 Å². The van der Waals surface area contributed by atoms with Gasteiger partial charge in [0.1, 0.15) is 6.10 Å². The Hall–Kier alpha value is -1.67. The van der Waals surface area contributed by atoms with Gasteiger partial charge in [-0.2, -0.15) is 0 Å². The molecule has 0 unspecified atom stereocenters. The fraction of sp³-hybridized carbons (Fsp3) is 0.647. The monoisotopic (exact) mass is 367 g/mol. The zero-order chi connectivity index (χ0) is 17.9. The van der Waals surface area contributed by atoms with Gasteiger partial charge in [0.05, 0.1) is 0 Å². The molecular formula is C17H25N3O4S. The van der Waals surface area contributed by atoms with Crippen molar-refractivity contribution in [3.63, 3.8) is 0 Å². The highest BCUT2D eigenvalue weighted by Crippen LogP contribution is 2.31. The maximum Gasteiger partial charge on any atom is 0.244 e. The van der Waals surface area contributed by atoms with E-state index in [1.54, 1.807) is 11.1 Å². The lowest BCUT2D eigenvalue weighted by atomic mass is 9.94. The molecule has 3 rings (SSSR count). The maximum absolute atomic E-state index is 13.1. The minimum Gasteiger partial charge on any atom is -0.474 e. The molecule has 0 atom stereocenters. The van der Waals surface area contributed by atoms with Gasteiger partial charge in [-0.15, -0.1) is 0 Å². The third-order valence-corrected chi connectivity index (χ3v) is 7.17. The second kappa shape index (κ2) is 7.29. The van der Waals surface area contributed by atoms with Crippen LogP contribution in [0.2, 0.25) is 0 Å². The van der Waals surface area contributed by atoms with Crippen molar-refractivity contribution in [2.45, 2.75) is 36.5 Å². The third-order valence-electron chi connectivity index (χ3n) is 5.17. The van der Waals surface area contributed by atoms with E-state index < -0.39 is 14.6 Å². The van der Waals surface area contributed by atoms with Gasteiger partial charge in [0, 0.05) is 44.5 Å². The van der Waals surface area contributed by atoms with Crippen LogP contribution in [-0.4, -0.2) is 67.5 Å². The van der Waals surface area contributed by atoms with Crippen LogP contribution in [0, 0.1) is 0 Å². The number of ether oxygens (including phenoxy) is 1. The lowest BCUT2D eigenvalue weighted by Crippen LogP contribution is -2.59. The van der Waals surface area contributed by atoms with E-state index >= 15 is 0 Å². The van der Waals surface area contributed by atoms with Crippen LogP contribution in [-0.2, 0) is 14.6 Å². The van der Waals surface area contributed by atoms with Gasteiger partial charge in [-0.3, -0.25) is 4.79 Å². The maximum atomic E-state index is 13.1. The normalized spacial score (nSPS) is 21.7. The van der Waals surface area contributed by atoms with Crippen LogP contribution in [0.25, 0.3) is 0 Å². The second-order valence-electron chi connectivity index (χ2n) is 6.79. The van der Waals surface area contributed by atoms with Crippen molar-refractivity contribution in [2.24, 2.45) is 0 Å². The molecule has 25 heavy (non-hydrogen) atoms. The number of piperidine rings is 2. The van der Waals surface area contributed by atoms with E-state index in [1.165, 1.54) is 6.26 Å². The lowest BCUT2D eigenvalue weighted by Gasteiger charge is -2.41. The average molecular weight is 367 g/mol. The molecule has 7 nitrogen and oxygen atoms in total. The lowest BCUT2D eigenvalue weighted by molar-refractivity contribution is -0.136. The average Bonchev–Trinajstić information content (AvgIpc) is 2.62. The smallest absolute Gasteiger partial charge is 0.244 e. The van der Waals surface area contributed by atoms with Gasteiger partial charge >= 0.3 is 0 Å². The molecule has 8 heteroatoms. The van der Waals surface area contributed by atoms with Crippen molar-refractivity contribution in [3.05, 3.63) is 24.4 Å². The standard InChI is InChI=1S/C17H25N3O4S/c1-25(22,23)17(7-10-18-11-8-17)16(21)20-12-5-14(6-13-20)24-15-4-2-3-9-19-15/h2-4,9,14,18H,5-8,10-13H2,1H3. The molecule has 1 aromatic heterocycles. The van der Waals surface area contributed by atoms with Crippen molar-refractivity contribution in [2.75, 3.05) is 32.4 Å². The first-order valence-corrected chi connectivity index (χ1v) is 10.6. The largest absolute Gasteiger partial charge is 0.474 e. The Morgan fingerprint density at radius 2 is 1.96 bits per heavy atom. The molecule has 0 aromatic carbocycles. The number of hydrogen-bond acceptors (Lipinski definition) is 6. The molecule has 2 aliphatic rings. The van der Waals surface area contributed by atoms with Crippen LogP contribution in [0.5, 0.6) is 5.88 Å². The molecule has 0 spiro atoms. The number of carbonyl (C=O) groups excluding carboxylic acids is 1. The Kier molecular flexibility index (Phi) is 5.29. The van der Waals surface area contributed by atoms with Crippen molar-refractivity contribution in [1.29, 1.82) is 0 Å². The van der Waals surface area contributed by atoms with Gasteiger partial charge in [0.2, 0.25) is 11.8 Å². The summed E-state index contributed by atoms with van der Waals surface area (Å²) in [5.74, 6) is 0.339. The highest BCUT2D eigenvalue weighted by Gasteiger charge is 2.50. The van der Waals surface area contributed by atoms with Gasteiger partial charge in [-0.05, 0) is 32.0 Å². The van der Waals surface area contributed by atoms with Crippen LogP contribution in [0.15, 0.2) is 24.4 Å². The van der Waals surface area contributed by atoms with E-state index in [-0.39, 0.29) is 12.0 Å². The minimum absolute atomic E-state index is 0.00107. The zero-order valence-electron chi connectivity index (χ0n) is 14.5. The topological polar surface area (TPSA) is 88.6 Å². The highest BCUT2D eigenvalue weighted by atomic mass is 32.2. The number of nitrogens with zero attached hydrogens (tertiary/aromatic N) is 2. The molecule has 138 valence electrons. The van der Waals surface area contributed by atoms with Crippen molar-refractivity contribution < 1.29 is 17.9 Å². The van der Waals surface area contributed by atoms with Crippen molar-refractivity contribution in [3.8, 4) is 5.88 Å². The van der Waals surface area contributed by atoms with Crippen LogP contribution in [0.4, 0.5) is 0 Å². The minimum atomic E-state index is -3.47. The first-order valence-electron chi connectivity index (χ1n) is 8.70. The number of hydrogen-bond donors (Lipinski definition) is 1. The van der Waals surface area contributed by atoms with E-state index in [0.29, 0.717) is 57.7 Å². The number of rotatable bonds is 4. The Morgan fingerprint density at radius 3 is 2.52 bits per heavy atom. The molecule has 0 bridgehead atoms. The molecule has 2 fully saturated rings. The summed E-state index contributed by atoms with van der Waals surface area (Å²) >= 11 is 0. The Bertz CT molecular complexity index is 694. The van der Waals surface area contributed by atoms with E-state index in [9.17, 15) is 13.2 Å². The number of pyridine rings is 1. The first kappa shape index (κ1) is 18.1. The molecule has 2 saturated heterocycles. The number of likely N-dealkylation sites (tertiary alicyclic amines) is 1. The summed E-state index contributed by atoms with van der Waals surface area (Å²) in [6, 6.07) is 5.51. The van der Waals surface area contributed by atoms with E-state index in [1.807, 2.05) is 18.2 Å². The summed E-state index contributed by atoms with van der Waals surface area (Å²) < 4.78 is 29.4. The van der Waals surface area contributed by atoms with Gasteiger partial charge in [0.25, 0.3) is 0 Å². The van der Waals surface area contributed by atoms with Crippen LogP contribution >= 0.6 is 0 Å². The van der Waals surface area contributed by atoms with Gasteiger partial charge in [0.15, 0.2) is 14.6 Å². The molecule has 2 aliphatic heterocycles. The zero-order valence-corrected chi connectivity index (χ0v) is 15.3. The first-order chi connectivity index (χ1) is 11.9. The van der Waals surface area contributed by atoms with Gasteiger partial charge in [-0.25, -0.2) is 13.4 Å². The second-order valence-corrected chi connectivity index (χ2v) is 9.12. The Labute approximate surface area is 148 Å². The Balaban J connectivity index is 1.64. The summed E-state index contributed by atoms with van der Waals surface area (Å²) in [4.78, 5) is 18.9. The van der Waals surface area contributed by atoms with E-state index in [4.69, 9.17) is 4.74 Å². The Morgan fingerprint density at radius 1 is 1.28 bits per heavy atom. The van der Waals surface area contributed by atoms with Crippen molar-refractivity contribution in [1.82, 2.24) is 15.2 Å². The third kappa shape index (κ3) is 3.79. The fourth-order valence-corrected chi connectivity index (χ4v) is 5.02.